The minimum absolute atomic E-state index is 0.656. The van der Waals surface area contributed by atoms with Crippen molar-refractivity contribution in [3.63, 3.8) is 0 Å². The maximum absolute atomic E-state index is 5.70. The lowest BCUT2D eigenvalue weighted by Crippen LogP contribution is -2.38. The first kappa shape index (κ1) is 18.1. The van der Waals surface area contributed by atoms with Crippen molar-refractivity contribution in [1.82, 2.24) is 10.6 Å². The van der Waals surface area contributed by atoms with Gasteiger partial charge in [0, 0.05) is 26.2 Å². The summed E-state index contributed by atoms with van der Waals surface area (Å²) < 4.78 is 10.9. The van der Waals surface area contributed by atoms with Crippen LogP contribution in [0.3, 0.4) is 0 Å². The van der Waals surface area contributed by atoms with E-state index in [1.54, 1.807) is 14.2 Å². The first-order chi connectivity index (χ1) is 10.7. The Bertz CT molecular complexity index is 447. The number of hydrogen-bond donors (Lipinski definition) is 2. The largest absolute Gasteiger partial charge is 0.497 e. The average molecular weight is 307 g/mol. The topological polar surface area (TPSA) is 54.9 Å². The minimum Gasteiger partial charge on any atom is -0.497 e. The molecule has 1 rings (SSSR count). The predicted molar refractivity (Wildman–Crippen MR) is 91.9 cm³/mol. The predicted octanol–water partition coefficient (Wildman–Crippen LogP) is 2.68. The molecule has 5 heteroatoms. The van der Waals surface area contributed by atoms with Gasteiger partial charge in [0.15, 0.2) is 5.96 Å². The van der Waals surface area contributed by atoms with Gasteiger partial charge in [-0.15, -0.1) is 0 Å². The molecule has 0 aromatic heterocycles. The van der Waals surface area contributed by atoms with Crippen LogP contribution in [0.15, 0.2) is 29.3 Å². The molecule has 1 aromatic carbocycles. The number of ether oxygens (including phenoxy) is 2. The second-order valence-corrected chi connectivity index (χ2v) is 5.49. The van der Waals surface area contributed by atoms with Crippen molar-refractivity contribution in [3.05, 3.63) is 24.3 Å². The summed E-state index contributed by atoms with van der Waals surface area (Å²) in [5.41, 5.74) is 0. The van der Waals surface area contributed by atoms with E-state index in [4.69, 9.17) is 9.47 Å². The summed E-state index contributed by atoms with van der Waals surface area (Å²) in [6.07, 6.45) is 2.04. The summed E-state index contributed by atoms with van der Waals surface area (Å²) >= 11 is 0. The molecule has 0 unspecified atom stereocenters. The zero-order valence-electron chi connectivity index (χ0n) is 14.2. The number of benzene rings is 1. The molecule has 0 aliphatic rings. The zero-order chi connectivity index (χ0) is 16.2. The van der Waals surface area contributed by atoms with Gasteiger partial charge in [-0.3, -0.25) is 4.99 Å². The quantitative estimate of drug-likeness (QED) is 0.418. The summed E-state index contributed by atoms with van der Waals surface area (Å²) in [4.78, 5) is 4.20. The molecular formula is C17H29N3O2. The maximum Gasteiger partial charge on any atom is 0.190 e. The molecule has 0 saturated heterocycles. The Labute approximate surface area is 134 Å². The van der Waals surface area contributed by atoms with E-state index in [9.17, 15) is 0 Å². The SMILES string of the molecule is CN=C(NCCCOc1cccc(OC)c1)NCCC(C)C. The molecule has 0 spiro atoms. The normalized spacial score (nSPS) is 11.4. The lowest BCUT2D eigenvalue weighted by Gasteiger charge is -2.13. The summed E-state index contributed by atoms with van der Waals surface area (Å²) in [5.74, 6) is 3.19. The fraction of sp³-hybridized carbons (Fsp3) is 0.588. The number of nitrogens with zero attached hydrogens (tertiary/aromatic N) is 1. The van der Waals surface area contributed by atoms with Gasteiger partial charge in [0.2, 0.25) is 0 Å². The van der Waals surface area contributed by atoms with Crippen molar-refractivity contribution in [2.45, 2.75) is 26.7 Å². The van der Waals surface area contributed by atoms with Gasteiger partial charge >= 0.3 is 0 Å². The molecule has 1 aromatic rings. The van der Waals surface area contributed by atoms with Crippen LogP contribution in [0.5, 0.6) is 11.5 Å². The highest BCUT2D eigenvalue weighted by molar-refractivity contribution is 5.79. The van der Waals surface area contributed by atoms with E-state index < -0.39 is 0 Å². The van der Waals surface area contributed by atoms with Crippen LogP contribution in [0, 0.1) is 5.92 Å². The molecular weight excluding hydrogens is 278 g/mol. The van der Waals surface area contributed by atoms with Crippen molar-refractivity contribution in [2.75, 3.05) is 33.9 Å². The van der Waals surface area contributed by atoms with Crippen molar-refractivity contribution in [2.24, 2.45) is 10.9 Å². The highest BCUT2D eigenvalue weighted by Crippen LogP contribution is 2.18. The molecule has 0 aliphatic heterocycles. The van der Waals surface area contributed by atoms with E-state index in [0.29, 0.717) is 12.5 Å². The number of nitrogens with one attached hydrogen (secondary N) is 2. The highest BCUT2D eigenvalue weighted by Gasteiger charge is 1.99. The molecule has 0 fully saturated rings. The molecule has 0 atom stereocenters. The third kappa shape index (κ3) is 7.76. The fourth-order valence-electron chi connectivity index (χ4n) is 1.86. The Hall–Kier alpha value is -1.91. The van der Waals surface area contributed by atoms with E-state index >= 15 is 0 Å². The van der Waals surface area contributed by atoms with Crippen LogP contribution >= 0.6 is 0 Å². The van der Waals surface area contributed by atoms with Crippen LogP contribution in [-0.4, -0.2) is 39.8 Å². The van der Waals surface area contributed by atoms with Crippen LogP contribution in [0.4, 0.5) is 0 Å². The summed E-state index contributed by atoms with van der Waals surface area (Å²) in [5, 5.41) is 6.59. The number of hydrogen-bond acceptors (Lipinski definition) is 3. The molecule has 124 valence electrons. The minimum atomic E-state index is 0.656. The van der Waals surface area contributed by atoms with Gasteiger partial charge < -0.3 is 20.1 Å². The van der Waals surface area contributed by atoms with Gasteiger partial charge in [0.05, 0.1) is 13.7 Å². The van der Waals surface area contributed by atoms with E-state index in [-0.39, 0.29) is 0 Å². The molecule has 0 heterocycles. The second-order valence-electron chi connectivity index (χ2n) is 5.49. The van der Waals surface area contributed by atoms with Gasteiger partial charge in [-0.1, -0.05) is 19.9 Å². The van der Waals surface area contributed by atoms with E-state index in [2.05, 4.69) is 29.5 Å². The number of methoxy groups -OCH3 is 1. The maximum atomic E-state index is 5.70. The van der Waals surface area contributed by atoms with E-state index in [1.807, 2.05) is 24.3 Å². The number of guanidine groups is 1. The molecule has 0 radical (unpaired) electrons. The third-order valence-corrected chi connectivity index (χ3v) is 3.16. The third-order valence-electron chi connectivity index (χ3n) is 3.16. The van der Waals surface area contributed by atoms with Gasteiger partial charge in [-0.2, -0.15) is 0 Å². The Morgan fingerprint density at radius 3 is 2.59 bits per heavy atom. The molecule has 0 saturated carbocycles. The lowest BCUT2D eigenvalue weighted by atomic mass is 10.1. The summed E-state index contributed by atoms with van der Waals surface area (Å²) in [6, 6.07) is 7.65. The number of aliphatic imine (C=N–C) groups is 1. The summed E-state index contributed by atoms with van der Waals surface area (Å²) in [6.45, 7) is 6.85. The van der Waals surface area contributed by atoms with Crippen molar-refractivity contribution in [3.8, 4) is 11.5 Å². The van der Waals surface area contributed by atoms with E-state index in [0.717, 1.165) is 43.4 Å². The van der Waals surface area contributed by atoms with Gasteiger partial charge in [0.1, 0.15) is 11.5 Å². The molecule has 0 aliphatic carbocycles. The van der Waals surface area contributed by atoms with Crippen LogP contribution in [0.25, 0.3) is 0 Å². The first-order valence-corrected chi connectivity index (χ1v) is 7.87. The second kappa shape index (κ2) is 10.8. The molecule has 5 nitrogen and oxygen atoms in total. The Kier molecular flexibility index (Phi) is 8.88. The summed E-state index contributed by atoms with van der Waals surface area (Å²) in [7, 11) is 3.44. The van der Waals surface area contributed by atoms with Crippen molar-refractivity contribution >= 4 is 5.96 Å². The van der Waals surface area contributed by atoms with Crippen molar-refractivity contribution in [1.29, 1.82) is 0 Å². The molecule has 2 N–H and O–H groups in total. The van der Waals surface area contributed by atoms with Gasteiger partial charge in [0.25, 0.3) is 0 Å². The van der Waals surface area contributed by atoms with Crippen LogP contribution < -0.4 is 20.1 Å². The molecule has 22 heavy (non-hydrogen) atoms. The fourth-order valence-corrected chi connectivity index (χ4v) is 1.86. The Morgan fingerprint density at radius 2 is 1.91 bits per heavy atom. The highest BCUT2D eigenvalue weighted by atomic mass is 16.5. The van der Waals surface area contributed by atoms with Crippen LogP contribution in [0.2, 0.25) is 0 Å². The smallest absolute Gasteiger partial charge is 0.190 e. The molecule has 0 amide bonds. The lowest BCUT2D eigenvalue weighted by molar-refractivity contribution is 0.308. The monoisotopic (exact) mass is 307 g/mol. The van der Waals surface area contributed by atoms with Crippen LogP contribution in [-0.2, 0) is 0 Å². The van der Waals surface area contributed by atoms with E-state index in [1.165, 1.54) is 0 Å². The Morgan fingerprint density at radius 1 is 1.18 bits per heavy atom. The van der Waals surface area contributed by atoms with Crippen molar-refractivity contribution < 1.29 is 9.47 Å². The Balaban J connectivity index is 2.15. The standard InChI is InChI=1S/C17H29N3O2/c1-14(2)9-11-20-17(18-3)19-10-6-12-22-16-8-5-7-15(13-16)21-4/h5,7-8,13-14H,6,9-12H2,1-4H3,(H2,18,19,20). The van der Waals surface area contributed by atoms with Gasteiger partial charge in [-0.25, -0.2) is 0 Å². The first-order valence-electron chi connectivity index (χ1n) is 7.87. The zero-order valence-corrected chi connectivity index (χ0v) is 14.2. The van der Waals surface area contributed by atoms with Gasteiger partial charge in [-0.05, 0) is 30.9 Å². The van der Waals surface area contributed by atoms with Crippen LogP contribution in [0.1, 0.15) is 26.7 Å². The average Bonchev–Trinajstić information content (AvgIpc) is 2.52. The number of rotatable bonds is 9. The molecule has 0 bridgehead atoms.